The molecule has 100 valence electrons. The Kier molecular flexibility index (Phi) is 3.81. The van der Waals surface area contributed by atoms with Gasteiger partial charge in [-0.25, -0.2) is 0 Å². The Balaban J connectivity index is 1.49. The number of nitrogens with zero attached hydrogens (tertiary/aromatic N) is 2. The van der Waals surface area contributed by atoms with E-state index in [1.54, 1.807) is 0 Å². The van der Waals surface area contributed by atoms with E-state index in [0.717, 1.165) is 58.2 Å². The van der Waals surface area contributed by atoms with Crippen molar-refractivity contribution in [1.82, 2.24) is 15.1 Å². The molecular weight excluding hydrogens is 230 g/mol. The van der Waals surface area contributed by atoms with Gasteiger partial charge in [-0.05, 0) is 25.7 Å². The molecule has 0 amide bonds. The summed E-state index contributed by atoms with van der Waals surface area (Å²) in [6, 6.07) is 0. The van der Waals surface area contributed by atoms with Crippen molar-refractivity contribution in [2.24, 2.45) is 0 Å². The van der Waals surface area contributed by atoms with Gasteiger partial charge in [0.05, 0.1) is 13.2 Å². The minimum Gasteiger partial charge on any atom is -0.475 e. The van der Waals surface area contributed by atoms with Crippen molar-refractivity contribution in [3.63, 3.8) is 0 Å². The van der Waals surface area contributed by atoms with Crippen LogP contribution in [-0.2, 0) is 17.6 Å². The van der Waals surface area contributed by atoms with E-state index in [9.17, 15) is 0 Å². The van der Waals surface area contributed by atoms with Gasteiger partial charge in [-0.1, -0.05) is 0 Å². The number of H-pyrrole nitrogens is 1. The van der Waals surface area contributed by atoms with Gasteiger partial charge in [-0.2, -0.15) is 0 Å². The van der Waals surface area contributed by atoms with Crippen LogP contribution in [-0.4, -0.2) is 54.6 Å². The molecule has 1 saturated heterocycles. The second-order valence-corrected chi connectivity index (χ2v) is 5.00. The summed E-state index contributed by atoms with van der Waals surface area (Å²) in [5.74, 6) is 0.831. The first kappa shape index (κ1) is 12.0. The molecule has 0 bridgehead atoms. The standard InChI is InChI=1S/C13H21N3O2/c1-2-4-12-11(3-1)13(15-14-12)18-10-7-16-5-8-17-9-6-16/h1-10H2,(H,14,15). The monoisotopic (exact) mass is 251 g/mol. The molecule has 2 aliphatic rings. The first-order valence-electron chi connectivity index (χ1n) is 6.92. The lowest BCUT2D eigenvalue weighted by molar-refractivity contribution is 0.0319. The fraction of sp³-hybridized carbons (Fsp3) is 0.769. The minimum absolute atomic E-state index is 0.720. The number of nitrogens with one attached hydrogen (secondary N) is 1. The molecule has 1 fully saturated rings. The number of aromatic nitrogens is 2. The van der Waals surface area contributed by atoms with Gasteiger partial charge >= 0.3 is 0 Å². The molecule has 1 aliphatic heterocycles. The van der Waals surface area contributed by atoms with Crippen LogP contribution >= 0.6 is 0 Å². The zero-order valence-electron chi connectivity index (χ0n) is 10.8. The van der Waals surface area contributed by atoms with Gasteiger partial charge in [0.2, 0.25) is 5.88 Å². The topological polar surface area (TPSA) is 50.4 Å². The number of rotatable bonds is 4. The van der Waals surface area contributed by atoms with Crippen LogP contribution in [0.25, 0.3) is 0 Å². The number of fused-ring (bicyclic) bond motifs is 1. The minimum atomic E-state index is 0.720. The number of hydrogen-bond donors (Lipinski definition) is 1. The summed E-state index contributed by atoms with van der Waals surface area (Å²) < 4.78 is 11.1. The third-order valence-electron chi connectivity index (χ3n) is 3.77. The van der Waals surface area contributed by atoms with E-state index in [1.165, 1.54) is 24.1 Å². The van der Waals surface area contributed by atoms with Crippen LogP contribution in [0.5, 0.6) is 5.88 Å². The van der Waals surface area contributed by atoms with E-state index in [4.69, 9.17) is 9.47 Å². The largest absolute Gasteiger partial charge is 0.475 e. The van der Waals surface area contributed by atoms with Gasteiger partial charge in [0.15, 0.2) is 0 Å². The van der Waals surface area contributed by atoms with Crippen LogP contribution in [0.4, 0.5) is 0 Å². The van der Waals surface area contributed by atoms with Crippen molar-refractivity contribution >= 4 is 0 Å². The molecule has 0 aromatic carbocycles. The molecule has 1 N–H and O–H groups in total. The maximum absolute atomic E-state index is 5.82. The first-order valence-corrected chi connectivity index (χ1v) is 6.92. The van der Waals surface area contributed by atoms with E-state index in [-0.39, 0.29) is 0 Å². The molecule has 5 nitrogen and oxygen atoms in total. The number of ether oxygens (including phenoxy) is 2. The highest BCUT2D eigenvalue weighted by atomic mass is 16.5. The maximum atomic E-state index is 5.82. The van der Waals surface area contributed by atoms with Crippen LogP contribution in [0, 0.1) is 0 Å². The predicted molar refractivity (Wildman–Crippen MR) is 68.0 cm³/mol. The zero-order valence-corrected chi connectivity index (χ0v) is 10.8. The highest BCUT2D eigenvalue weighted by Gasteiger charge is 2.18. The molecule has 0 atom stereocenters. The summed E-state index contributed by atoms with van der Waals surface area (Å²) >= 11 is 0. The van der Waals surface area contributed by atoms with Crippen molar-refractivity contribution in [1.29, 1.82) is 0 Å². The van der Waals surface area contributed by atoms with Crippen molar-refractivity contribution in [3.8, 4) is 5.88 Å². The third kappa shape index (κ3) is 2.67. The van der Waals surface area contributed by atoms with Crippen LogP contribution in [0.15, 0.2) is 0 Å². The highest BCUT2D eigenvalue weighted by Crippen LogP contribution is 2.26. The molecule has 0 radical (unpaired) electrons. The Morgan fingerprint density at radius 3 is 2.94 bits per heavy atom. The summed E-state index contributed by atoms with van der Waals surface area (Å²) in [6.45, 7) is 5.40. The summed E-state index contributed by atoms with van der Waals surface area (Å²) in [4.78, 5) is 2.38. The lowest BCUT2D eigenvalue weighted by Gasteiger charge is -2.26. The highest BCUT2D eigenvalue weighted by molar-refractivity contribution is 5.32. The van der Waals surface area contributed by atoms with Crippen molar-refractivity contribution < 1.29 is 9.47 Å². The van der Waals surface area contributed by atoms with E-state index >= 15 is 0 Å². The Labute approximate surface area is 107 Å². The smallest absolute Gasteiger partial charge is 0.236 e. The molecule has 1 aliphatic carbocycles. The summed E-state index contributed by atoms with van der Waals surface area (Å²) in [5, 5.41) is 7.40. The van der Waals surface area contributed by atoms with Crippen molar-refractivity contribution in [2.75, 3.05) is 39.5 Å². The molecule has 5 heteroatoms. The first-order chi connectivity index (χ1) is 8.93. The second kappa shape index (κ2) is 5.71. The fourth-order valence-electron chi connectivity index (χ4n) is 2.67. The molecule has 0 unspecified atom stereocenters. The van der Waals surface area contributed by atoms with Crippen molar-refractivity contribution in [3.05, 3.63) is 11.3 Å². The number of aromatic amines is 1. The summed E-state index contributed by atoms with van der Waals surface area (Å²) in [6.07, 6.45) is 4.75. The zero-order chi connectivity index (χ0) is 12.2. The van der Waals surface area contributed by atoms with Crippen LogP contribution < -0.4 is 4.74 Å². The summed E-state index contributed by atoms with van der Waals surface area (Å²) in [7, 11) is 0. The Bertz CT molecular complexity index is 386. The Morgan fingerprint density at radius 2 is 2.06 bits per heavy atom. The number of morpholine rings is 1. The van der Waals surface area contributed by atoms with E-state index < -0.39 is 0 Å². The molecule has 0 saturated carbocycles. The molecule has 0 spiro atoms. The van der Waals surface area contributed by atoms with Crippen molar-refractivity contribution in [2.45, 2.75) is 25.7 Å². The van der Waals surface area contributed by atoms with E-state index in [1.807, 2.05) is 0 Å². The second-order valence-electron chi connectivity index (χ2n) is 5.00. The van der Waals surface area contributed by atoms with Crippen LogP contribution in [0.1, 0.15) is 24.1 Å². The summed E-state index contributed by atoms with van der Waals surface area (Å²) in [5.41, 5.74) is 2.59. The molecule has 2 heterocycles. The van der Waals surface area contributed by atoms with Gasteiger partial charge < -0.3 is 9.47 Å². The molecule has 3 rings (SSSR count). The Morgan fingerprint density at radius 1 is 1.22 bits per heavy atom. The normalized spacial score (nSPS) is 20.7. The van der Waals surface area contributed by atoms with Gasteiger partial charge in [0.25, 0.3) is 0 Å². The van der Waals surface area contributed by atoms with E-state index in [0.29, 0.717) is 0 Å². The SMILES string of the molecule is C1CCc2c(OCCN3CCOCC3)n[nH]c2C1. The van der Waals surface area contributed by atoms with E-state index in [2.05, 4.69) is 15.1 Å². The molecule has 1 aromatic heterocycles. The van der Waals surface area contributed by atoms with Crippen LogP contribution in [0.3, 0.4) is 0 Å². The molecule has 18 heavy (non-hydrogen) atoms. The van der Waals surface area contributed by atoms with Crippen LogP contribution in [0.2, 0.25) is 0 Å². The number of aryl methyl sites for hydroxylation is 1. The molecular formula is C13H21N3O2. The fourth-order valence-corrected chi connectivity index (χ4v) is 2.67. The maximum Gasteiger partial charge on any atom is 0.236 e. The quantitative estimate of drug-likeness (QED) is 0.867. The van der Waals surface area contributed by atoms with Gasteiger partial charge in [0.1, 0.15) is 6.61 Å². The predicted octanol–water partition coefficient (Wildman–Crippen LogP) is 0.999. The molecule has 1 aromatic rings. The number of hydrogen-bond acceptors (Lipinski definition) is 4. The lowest BCUT2D eigenvalue weighted by atomic mass is 9.98. The Hall–Kier alpha value is -1.07. The van der Waals surface area contributed by atoms with Gasteiger partial charge in [0, 0.05) is 30.9 Å². The average molecular weight is 251 g/mol. The van der Waals surface area contributed by atoms with Gasteiger partial charge in [-0.3, -0.25) is 10.00 Å². The third-order valence-corrected chi connectivity index (χ3v) is 3.77. The van der Waals surface area contributed by atoms with Gasteiger partial charge in [-0.15, -0.1) is 5.10 Å². The average Bonchev–Trinajstić information content (AvgIpc) is 2.84. The lowest BCUT2D eigenvalue weighted by Crippen LogP contribution is -2.38.